The molecule has 2 bridgehead atoms. The molecule has 0 radical (unpaired) electrons. The molecular formula is C28H22O4. The van der Waals surface area contributed by atoms with E-state index in [-0.39, 0.29) is 23.4 Å². The number of benzene rings is 3. The maximum absolute atomic E-state index is 13.5. The average molecular weight is 422 g/mol. The zero-order valence-corrected chi connectivity index (χ0v) is 17.7. The van der Waals surface area contributed by atoms with E-state index in [0.717, 1.165) is 5.56 Å². The van der Waals surface area contributed by atoms with Crippen LogP contribution in [0.25, 0.3) is 0 Å². The van der Waals surface area contributed by atoms with E-state index < -0.39 is 11.5 Å². The van der Waals surface area contributed by atoms with Crippen molar-refractivity contribution in [2.45, 2.75) is 18.9 Å². The Labute approximate surface area is 186 Å². The first-order valence-electron chi connectivity index (χ1n) is 11.0. The first-order valence-corrected chi connectivity index (χ1v) is 11.0. The molecule has 0 aliphatic heterocycles. The molecule has 0 N–H and O–H groups in total. The van der Waals surface area contributed by atoms with Crippen LogP contribution in [0.15, 0.2) is 84.9 Å². The van der Waals surface area contributed by atoms with E-state index in [9.17, 15) is 9.59 Å². The molecular weight excluding hydrogens is 400 g/mol. The first-order chi connectivity index (χ1) is 15.6. The van der Waals surface area contributed by atoms with Crippen molar-refractivity contribution in [1.29, 1.82) is 0 Å². The molecule has 3 aliphatic carbocycles. The quantitative estimate of drug-likeness (QED) is 0.498. The van der Waals surface area contributed by atoms with E-state index in [1.54, 1.807) is 12.1 Å². The van der Waals surface area contributed by atoms with Gasteiger partial charge < -0.3 is 9.47 Å². The van der Waals surface area contributed by atoms with E-state index in [1.807, 2.05) is 79.7 Å². The molecule has 4 heteroatoms. The third kappa shape index (κ3) is 2.76. The van der Waals surface area contributed by atoms with E-state index >= 15 is 0 Å². The third-order valence-electron chi connectivity index (χ3n) is 6.97. The van der Waals surface area contributed by atoms with Crippen LogP contribution in [0.1, 0.15) is 32.7 Å². The number of hydrogen-bond acceptors (Lipinski definition) is 4. The molecule has 0 amide bonds. The number of carbonyl (C=O) groups is 2. The van der Waals surface area contributed by atoms with Gasteiger partial charge in [-0.3, -0.25) is 9.59 Å². The van der Waals surface area contributed by atoms with Crippen LogP contribution in [-0.4, -0.2) is 17.2 Å². The van der Waals surface area contributed by atoms with Crippen LogP contribution in [0, 0.1) is 24.7 Å². The summed E-state index contributed by atoms with van der Waals surface area (Å²) in [6.45, 7) is 2.03. The van der Waals surface area contributed by atoms with Crippen molar-refractivity contribution < 1.29 is 19.1 Å². The molecule has 0 saturated heterocycles. The van der Waals surface area contributed by atoms with Crippen LogP contribution >= 0.6 is 0 Å². The number of fused-ring (bicyclic) bond motifs is 6. The largest absolute Gasteiger partial charge is 0.478 e. The van der Waals surface area contributed by atoms with Gasteiger partial charge in [0, 0.05) is 17.0 Å². The molecule has 0 aromatic heterocycles. The predicted molar refractivity (Wildman–Crippen MR) is 120 cm³/mol. The van der Waals surface area contributed by atoms with Crippen molar-refractivity contribution in [2.24, 2.45) is 17.8 Å². The Morgan fingerprint density at radius 3 is 2.22 bits per heavy atom. The Bertz CT molecular complexity index is 1270. The summed E-state index contributed by atoms with van der Waals surface area (Å²) in [5, 5.41) is 0. The predicted octanol–water partition coefficient (Wildman–Crippen LogP) is 5.81. The number of ether oxygens (including phenoxy) is 2. The van der Waals surface area contributed by atoms with Crippen molar-refractivity contribution in [3.63, 3.8) is 0 Å². The number of rotatable bonds is 4. The highest BCUT2D eigenvalue weighted by Gasteiger charge is 2.64. The number of hydrogen-bond donors (Lipinski definition) is 0. The zero-order chi connectivity index (χ0) is 21.9. The maximum Gasteiger partial charge on any atom is 0.171 e. The number of ketones is 2. The van der Waals surface area contributed by atoms with Gasteiger partial charge in [-0.15, -0.1) is 0 Å². The summed E-state index contributed by atoms with van der Waals surface area (Å²) < 4.78 is 12.7. The topological polar surface area (TPSA) is 52.6 Å². The summed E-state index contributed by atoms with van der Waals surface area (Å²) in [4.78, 5) is 26.8. The second-order valence-electron chi connectivity index (χ2n) is 8.92. The summed E-state index contributed by atoms with van der Waals surface area (Å²) in [6.07, 6.45) is 4.65. The van der Waals surface area contributed by atoms with Gasteiger partial charge in [0.25, 0.3) is 0 Å². The summed E-state index contributed by atoms with van der Waals surface area (Å²) in [7, 11) is 0. The molecule has 4 nitrogen and oxygen atoms in total. The normalized spacial score (nSPS) is 27.2. The third-order valence-corrected chi connectivity index (χ3v) is 6.97. The SMILES string of the molecule is Cc1ccc(Oc2ccccc2OC23C=CC(C2)C2C(=O)c4ccccc4C(=O)C23)cc1. The van der Waals surface area contributed by atoms with Gasteiger partial charge in [0.1, 0.15) is 11.4 Å². The molecule has 4 unspecified atom stereocenters. The number of allylic oxidation sites excluding steroid dienone is 1. The van der Waals surface area contributed by atoms with Crippen LogP contribution in [0.3, 0.4) is 0 Å². The van der Waals surface area contributed by atoms with Crippen LogP contribution in [0.2, 0.25) is 0 Å². The minimum Gasteiger partial charge on any atom is -0.478 e. The molecule has 0 heterocycles. The number of carbonyl (C=O) groups excluding carboxylic acids is 2. The van der Waals surface area contributed by atoms with E-state index in [0.29, 0.717) is 34.8 Å². The number of aryl methyl sites for hydroxylation is 1. The smallest absolute Gasteiger partial charge is 0.171 e. The Morgan fingerprint density at radius 2 is 1.47 bits per heavy atom. The van der Waals surface area contributed by atoms with Gasteiger partial charge in [0.15, 0.2) is 23.1 Å². The molecule has 6 rings (SSSR count). The van der Waals surface area contributed by atoms with Crippen molar-refractivity contribution >= 4 is 11.6 Å². The second kappa shape index (κ2) is 6.92. The molecule has 4 atom stereocenters. The minimum atomic E-state index is -0.845. The number of para-hydroxylation sites is 2. The fourth-order valence-electron chi connectivity index (χ4n) is 5.51. The molecule has 158 valence electrons. The molecule has 1 saturated carbocycles. The van der Waals surface area contributed by atoms with Gasteiger partial charge >= 0.3 is 0 Å². The lowest BCUT2D eigenvalue weighted by atomic mass is 9.68. The van der Waals surface area contributed by atoms with Crippen molar-refractivity contribution in [2.75, 3.05) is 0 Å². The Hall–Kier alpha value is -3.66. The monoisotopic (exact) mass is 422 g/mol. The van der Waals surface area contributed by atoms with E-state index in [2.05, 4.69) is 0 Å². The van der Waals surface area contributed by atoms with Crippen LogP contribution in [0.4, 0.5) is 0 Å². The highest BCUT2D eigenvalue weighted by Crippen LogP contribution is 2.57. The molecule has 3 aromatic rings. The lowest BCUT2D eigenvalue weighted by Gasteiger charge is -2.38. The van der Waals surface area contributed by atoms with Crippen molar-refractivity contribution in [3.8, 4) is 17.2 Å². The van der Waals surface area contributed by atoms with E-state index in [4.69, 9.17) is 9.47 Å². The second-order valence-corrected chi connectivity index (χ2v) is 8.92. The highest BCUT2D eigenvalue weighted by molar-refractivity contribution is 6.17. The Morgan fingerprint density at radius 1 is 0.812 bits per heavy atom. The Balaban J connectivity index is 1.37. The minimum absolute atomic E-state index is 0.00557. The van der Waals surface area contributed by atoms with E-state index in [1.165, 1.54) is 0 Å². The summed E-state index contributed by atoms with van der Waals surface area (Å²) in [5.74, 6) is 1.03. The van der Waals surface area contributed by atoms with Gasteiger partial charge in [-0.05, 0) is 49.6 Å². The van der Waals surface area contributed by atoms with Gasteiger partial charge in [-0.2, -0.15) is 0 Å². The summed E-state index contributed by atoms with van der Waals surface area (Å²) in [6, 6.07) is 22.5. The van der Waals surface area contributed by atoms with Crippen LogP contribution in [0.5, 0.6) is 17.2 Å². The maximum atomic E-state index is 13.5. The molecule has 3 aromatic carbocycles. The highest BCUT2D eigenvalue weighted by atomic mass is 16.5. The van der Waals surface area contributed by atoms with Crippen LogP contribution < -0.4 is 9.47 Å². The molecule has 32 heavy (non-hydrogen) atoms. The van der Waals surface area contributed by atoms with Gasteiger partial charge in [-0.25, -0.2) is 0 Å². The van der Waals surface area contributed by atoms with Gasteiger partial charge in [0.2, 0.25) is 0 Å². The fourth-order valence-corrected chi connectivity index (χ4v) is 5.51. The first kappa shape index (κ1) is 19.1. The Kier molecular flexibility index (Phi) is 4.12. The lowest BCUT2D eigenvalue weighted by Crippen LogP contribution is -2.49. The van der Waals surface area contributed by atoms with Crippen molar-refractivity contribution in [1.82, 2.24) is 0 Å². The standard InChI is InChI=1S/C28H22O4/c1-17-10-12-19(13-11-17)31-22-8-4-5-9-23(22)32-28-15-14-18(16-28)24-25(28)27(30)21-7-3-2-6-20(21)26(24)29/h2-15,18,24-25H,16H2,1H3. The zero-order valence-electron chi connectivity index (χ0n) is 17.7. The lowest BCUT2D eigenvalue weighted by molar-refractivity contribution is 0.0426. The van der Waals surface area contributed by atoms with Gasteiger partial charge in [0.05, 0.1) is 5.92 Å². The number of Topliss-reactive ketones (excluding diaryl/α,β-unsaturated/α-hetero) is 2. The fraction of sp³-hybridized carbons (Fsp3) is 0.214. The summed E-state index contributed by atoms with van der Waals surface area (Å²) in [5.41, 5.74) is 1.35. The van der Waals surface area contributed by atoms with Crippen LogP contribution in [-0.2, 0) is 0 Å². The van der Waals surface area contributed by atoms with Gasteiger partial charge in [-0.1, -0.05) is 60.2 Å². The average Bonchev–Trinajstić information content (AvgIpc) is 3.37. The molecule has 1 fully saturated rings. The van der Waals surface area contributed by atoms with Crippen molar-refractivity contribution in [3.05, 3.63) is 102 Å². The molecule has 3 aliphatic rings. The molecule has 0 spiro atoms. The summed E-state index contributed by atoms with van der Waals surface area (Å²) >= 11 is 0.